The van der Waals surface area contributed by atoms with Crippen molar-refractivity contribution in [3.05, 3.63) is 83.7 Å². The minimum Gasteiger partial charge on any atom is -0.508 e. The van der Waals surface area contributed by atoms with E-state index in [2.05, 4.69) is 19.1 Å². The maximum Gasteiger partial charge on any atom is 0.136 e. The van der Waals surface area contributed by atoms with Crippen molar-refractivity contribution < 1.29 is 14.3 Å². The summed E-state index contributed by atoms with van der Waals surface area (Å²) < 4.78 is 11.4. The smallest absolute Gasteiger partial charge is 0.136 e. The summed E-state index contributed by atoms with van der Waals surface area (Å²) in [5.74, 6) is 1.75. The SMILES string of the molecule is CCc1ccc2oc(-c3ccc(OC)cc3)cc(=Nc3ccc(O)cc3)c2c1. The highest BCUT2D eigenvalue weighted by Gasteiger charge is 2.07. The molecule has 0 atom stereocenters. The van der Waals surface area contributed by atoms with Gasteiger partial charge in [-0.2, -0.15) is 0 Å². The van der Waals surface area contributed by atoms with E-state index in [0.717, 1.165) is 45.5 Å². The van der Waals surface area contributed by atoms with Crippen LogP contribution in [0.3, 0.4) is 0 Å². The van der Waals surface area contributed by atoms with Crippen molar-refractivity contribution in [2.45, 2.75) is 13.3 Å². The molecule has 0 radical (unpaired) electrons. The average molecular weight is 371 g/mol. The second kappa shape index (κ2) is 7.61. The van der Waals surface area contributed by atoms with Gasteiger partial charge in [0.2, 0.25) is 0 Å². The lowest BCUT2D eigenvalue weighted by Gasteiger charge is -2.07. The average Bonchev–Trinajstić information content (AvgIpc) is 2.75. The van der Waals surface area contributed by atoms with E-state index in [1.807, 2.05) is 36.4 Å². The lowest BCUT2D eigenvalue weighted by Crippen LogP contribution is -2.04. The van der Waals surface area contributed by atoms with E-state index >= 15 is 0 Å². The van der Waals surface area contributed by atoms with Gasteiger partial charge in [-0.1, -0.05) is 13.0 Å². The zero-order chi connectivity index (χ0) is 19.5. The number of aromatic hydroxyl groups is 1. The van der Waals surface area contributed by atoms with Gasteiger partial charge >= 0.3 is 0 Å². The molecule has 4 heteroatoms. The maximum atomic E-state index is 9.53. The van der Waals surface area contributed by atoms with Gasteiger partial charge in [-0.25, -0.2) is 4.99 Å². The molecule has 4 rings (SSSR count). The number of methoxy groups -OCH3 is 1. The van der Waals surface area contributed by atoms with Crippen LogP contribution in [-0.2, 0) is 6.42 Å². The number of fused-ring (bicyclic) bond motifs is 1. The highest BCUT2D eigenvalue weighted by Crippen LogP contribution is 2.25. The first kappa shape index (κ1) is 17.9. The summed E-state index contributed by atoms with van der Waals surface area (Å²) in [7, 11) is 1.65. The van der Waals surface area contributed by atoms with Gasteiger partial charge in [0, 0.05) is 17.0 Å². The van der Waals surface area contributed by atoms with E-state index in [4.69, 9.17) is 14.1 Å². The first-order chi connectivity index (χ1) is 13.7. The highest BCUT2D eigenvalue weighted by molar-refractivity contribution is 5.79. The van der Waals surface area contributed by atoms with Crippen molar-refractivity contribution in [3.63, 3.8) is 0 Å². The van der Waals surface area contributed by atoms with Crippen molar-refractivity contribution >= 4 is 16.7 Å². The first-order valence-electron chi connectivity index (χ1n) is 9.21. The molecule has 3 aromatic carbocycles. The Morgan fingerprint density at radius 1 is 0.929 bits per heavy atom. The molecule has 0 amide bonds. The van der Waals surface area contributed by atoms with Crippen LogP contribution >= 0.6 is 0 Å². The Morgan fingerprint density at radius 3 is 2.36 bits per heavy atom. The Hall–Kier alpha value is -3.53. The molecule has 1 aromatic heterocycles. The lowest BCUT2D eigenvalue weighted by molar-refractivity contribution is 0.415. The number of benzene rings is 3. The normalized spacial score (nSPS) is 11.7. The first-order valence-corrected chi connectivity index (χ1v) is 9.21. The number of phenolic OH excluding ortho intramolecular Hbond substituents is 1. The monoisotopic (exact) mass is 371 g/mol. The Kier molecular flexibility index (Phi) is 4.85. The summed E-state index contributed by atoms with van der Waals surface area (Å²) in [4.78, 5) is 4.81. The number of ether oxygens (including phenoxy) is 1. The number of hydrogen-bond donors (Lipinski definition) is 1. The van der Waals surface area contributed by atoms with Crippen LogP contribution in [-0.4, -0.2) is 12.2 Å². The Bertz CT molecular complexity index is 1170. The fraction of sp³-hybridized carbons (Fsp3) is 0.125. The van der Waals surface area contributed by atoms with E-state index in [1.54, 1.807) is 31.4 Å². The Labute approximate surface area is 163 Å². The van der Waals surface area contributed by atoms with Gasteiger partial charge in [0.25, 0.3) is 0 Å². The molecule has 0 bridgehead atoms. The molecule has 0 unspecified atom stereocenters. The topological polar surface area (TPSA) is 55.0 Å². The molecule has 0 aliphatic carbocycles. The van der Waals surface area contributed by atoms with Crippen LogP contribution in [0.15, 0.2) is 82.2 Å². The minimum atomic E-state index is 0.221. The minimum absolute atomic E-state index is 0.221. The van der Waals surface area contributed by atoms with E-state index < -0.39 is 0 Å². The molecule has 0 aliphatic rings. The van der Waals surface area contributed by atoms with Crippen LogP contribution in [0.5, 0.6) is 11.5 Å². The summed E-state index contributed by atoms with van der Waals surface area (Å²) >= 11 is 0. The van der Waals surface area contributed by atoms with Gasteiger partial charge in [-0.05, 0) is 72.6 Å². The molecule has 140 valence electrons. The number of hydrogen-bond acceptors (Lipinski definition) is 4. The lowest BCUT2D eigenvalue weighted by atomic mass is 10.1. The van der Waals surface area contributed by atoms with Gasteiger partial charge in [-0.15, -0.1) is 0 Å². The van der Waals surface area contributed by atoms with E-state index in [1.165, 1.54) is 5.56 Å². The van der Waals surface area contributed by atoms with Gasteiger partial charge in [0.05, 0.1) is 18.2 Å². The molecule has 0 saturated carbocycles. The molecule has 0 aliphatic heterocycles. The van der Waals surface area contributed by atoms with Crippen LogP contribution in [0.25, 0.3) is 22.3 Å². The molecule has 1 N–H and O–H groups in total. The molecule has 0 fully saturated rings. The van der Waals surface area contributed by atoms with Crippen LogP contribution in [0.1, 0.15) is 12.5 Å². The molecule has 0 saturated heterocycles. The molecule has 1 heterocycles. The van der Waals surface area contributed by atoms with Crippen molar-refractivity contribution in [2.75, 3.05) is 7.11 Å². The van der Waals surface area contributed by atoms with Crippen LogP contribution in [0.4, 0.5) is 5.69 Å². The summed E-state index contributed by atoms with van der Waals surface area (Å²) in [6, 6.07) is 22.8. The van der Waals surface area contributed by atoms with Crippen molar-refractivity contribution in [1.82, 2.24) is 0 Å². The third kappa shape index (κ3) is 3.62. The number of phenols is 1. The second-order valence-electron chi connectivity index (χ2n) is 6.54. The number of aryl methyl sites for hydroxylation is 1. The number of rotatable bonds is 4. The van der Waals surface area contributed by atoms with Gasteiger partial charge in [0.15, 0.2) is 0 Å². The molecule has 28 heavy (non-hydrogen) atoms. The zero-order valence-corrected chi connectivity index (χ0v) is 15.8. The van der Waals surface area contributed by atoms with Gasteiger partial charge in [-0.3, -0.25) is 0 Å². The number of nitrogens with zero attached hydrogens (tertiary/aromatic N) is 1. The fourth-order valence-electron chi connectivity index (χ4n) is 3.09. The largest absolute Gasteiger partial charge is 0.508 e. The molecule has 4 nitrogen and oxygen atoms in total. The van der Waals surface area contributed by atoms with E-state index in [9.17, 15) is 5.11 Å². The molecular formula is C24H21NO3. The predicted octanol–water partition coefficient (Wildman–Crippen LogP) is 5.61. The molecular weight excluding hydrogens is 350 g/mol. The maximum absolute atomic E-state index is 9.53. The highest BCUT2D eigenvalue weighted by atomic mass is 16.5. The second-order valence-corrected chi connectivity index (χ2v) is 6.54. The molecule has 4 aromatic rings. The van der Waals surface area contributed by atoms with Crippen molar-refractivity contribution in [3.8, 4) is 22.8 Å². The quantitative estimate of drug-likeness (QED) is 0.507. The van der Waals surface area contributed by atoms with Crippen LogP contribution in [0, 0.1) is 0 Å². The zero-order valence-electron chi connectivity index (χ0n) is 15.8. The predicted molar refractivity (Wildman–Crippen MR) is 111 cm³/mol. The fourth-order valence-corrected chi connectivity index (χ4v) is 3.09. The van der Waals surface area contributed by atoms with Gasteiger partial charge in [0.1, 0.15) is 22.8 Å². The van der Waals surface area contributed by atoms with E-state index in [0.29, 0.717) is 0 Å². The Morgan fingerprint density at radius 2 is 1.68 bits per heavy atom. The van der Waals surface area contributed by atoms with Crippen LogP contribution < -0.4 is 10.1 Å². The third-order valence-corrected chi connectivity index (χ3v) is 4.69. The van der Waals surface area contributed by atoms with Crippen molar-refractivity contribution in [2.24, 2.45) is 4.99 Å². The summed E-state index contributed by atoms with van der Waals surface area (Å²) in [5, 5.41) is 11.3. The van der Waals surface area contributed by atoms with Gasteiger partial charge < -0.3 is 14.3 Å². The van der Waals surface area contributed by atoms with Crippen molar-refractivity contribution in [1.29, 1.82) is 0 Å². The third-order valence-electron chi connectivity index (χ3n) is 4.69. The summed E-state index contributed by atoms with van der Waals surface area (Å²) in [6.07, 6.45) is 0.939. The Balaban J connectivity index is 1.94. The standard InChI is InChI=1S/C24H21NO3/c1-3-16-4-13-23-21(14-16)22(25-18-7-9-19(26)10-8-18)15-24(28-23)17-5-11-20(27-2)12-6-17/h4-15,26H,3H2,1-2H3. The summed E-state index contributed by atoms with van der Waals surface area (Å²) in [6.45, 7) is 2.13. The van der Waals surface area contributed by atoms with E-state index in [-0.39, 0.29) is 5.75 Å². The summed E-state index contributed by atoms with van der Waals surface area (Å²) in [5.41, 5.74) is 3.72. The molecule has 0 spiro atoms. The van der Waals surface area contributed by atoms with Crippen LogP contribution in [0.2, 0.25) is 0 Å².